The SMILES string of the molecule is Cc1cc(F)ccc1Oc1ccc(CO)cc1[N+](=O)[O-]. The van der Waals surface area contributed by atoms with Crippen LogP contribution in [0, 0.1) is 22.9 Å². The molecule has 20 heavy (non-hydrogen) atoms. The van der Waals surface area contributed by atoms with Crippen molar-refractivity contribution in [3.63, 3.8) is 0 Å². The van der Waals surface area contributed by atoms with Crippen LogP contribution in [0.3, 0.4) is 0 Å². The topological polar surface area (TPSA) is 72.6 Å². The highest BCUT2D eigenvalue weighted by atomic mass is 19.1. The van der Waals surface area contributed by atoms with Crippen molar-refractivity contribution in [2.24, 2.45) is 0 Å². The molecule has 104 valence electrons. The maximum absolute atomic E-state index is 13.0. The van der Waals surface area contributed by atoms with Crippen LogP contribution in [-0.4, -0.2) is 10.0 Å². The summed E-state index contributed by atoms with van der Waals surface area (Å²) in [5.74, 6) is -0.0202. The van der Waals surface area contributed by atoms with E-state index in [0.717, 1.165) is 0 Å². The van der Waals surface area contributed by atoms with Gasteiger partial charge in [0.15, 0.2) is 0 Å². The van der Waals surface area contributed by atoms with E-state index in [9.17, 15) is 14.5 Å². The first kappa shape index (κ1) is 14.0. The Morgan fingerprint density at radius 2 is 1.95 bits per heavy atom. The summed E-state index contributed by atoms with van der Waals surface area (Å²) in [6.07, 6.45) is 0. The third-order valence-corrected chi connectivity index (χ3v) is 2.76. The van der Waals surface area contributed by atoms with E-state index >= 15 is 0 Å². The van der Waals surface area contributed by atoms with Crippen molar-refractivity contribution < 1.29 is 19.2 Å². The Morgan fingerprint density at radius 1 is 1.25 bits per heavy atom. The van der Waals surface area contributed by atoms with Gasteiger partial charge >= 0.3 is 5.69 Å². The molecule has 6 heteroatoms. The van der Waals surface area contributed by atoms with Gasteiger partial charge in [0.1, 0.15) is 11.6 Å². The second-order valence-corrected chi connectivity index (χ2v) is 4.23. The van der Waals surface area contributed by atoms with Crippen molar-refractivity contribution in [1.82, 2.24) is 0 Å². The van der Waals surface area contributed by atoms with Crippen LogP contribution in [0.5, 0.6) is 11.5 Å². The predicted molar refractivity (Wildman–Crippen MR) is 70.2 cm³/mol. The van der Waals surface area contributed by atoms with E-state index in [1.165, 1.54) is 36.4 Å². The van der Waals surface area contributed by atoms with Crippen LogP contribution >= 0.6 is 0 Å². The monoisotopic (exact) mass is 277 g/mol. The Labute approximate surface area is 114 Å². The van der Waals surface area contributed by atoms with Gasteiger partial charge < -0.3 is 9.84 Å². The summed E-state index contributed by atoms with van der Waals surface area (Å²) >= 11 is 0. The molecule has 0 saturated heterocycles. The molecule has 5 nitrogen and oxygen atoms in total. The number of hydrogen-bond acceptors (Lipinski definition) is 4. The van der Waals surface area contributed by atoms with Crippen LogP contribution in [0.1, 0.15) is 11.1 Å². The number of rotatable bonds is 4. The third kappa shape index (κ3) is 2.92. The largest absolute Gasteiger partial charge is 0.450 e. The Morgan fingerprint density at radius 3 is 2.55 bits per heavy atom. The van der Waals surface area contributed by atoms with Gasteiger partial charge in [0.05, 0.1) is 11.5 Å². The molecule has 0 atom stereocenters. The summed E-state index contributed by atoms with van der Waals surface area (Å²) in [7, 11) is 0. The molecule has 0 unspecified atom stereocenters. The zero-order valence-electron chi connectivity index (χ0n) is 10.7. The lowest BCUT2D eigenvalue weighted by molar-refractivity contribution is -0.385. The van der Waals surface area contributed by atoms with Crippen molar-refractivity contribution >= 4 is 5.69 Å². The lowest BCUT2D eigenvalue weighted by Gasteiger charge is -2.09. The molecule has 0 aliphatic carbocycles. The molecule has 0 heterocycles. The average Bonchev–Trinajstić information content (AvgIpc) is 2.42. The number of nitro benzene ring substituents is 1. The fourth-order valence-corrected chi connectivity index (χ4v) is 1.74. The van der Waals surface area contributed by atoms with Crippen LogP contribution < -0.4 is 4.74 Å². The van der Waals surface area contributed by atoms with Crippen LogP contribution in [0.15, 0.2) is 36.4 Å². The predicted octanol–water partition coefficient (Wildman–Crippen LogP) is 3.33. The number of hydrogen-bond donors (Lipinski definition) is 1. The zero-order chi connectivity index (χ0) is 14.7. The molecule has 0 radical (unpaired) electrons. The molecule has 2 aromatic carbocycles. The summed E-state index contributed by atoms with van der Waals surface area (Å²) in [5, 5.41) is 20.0. The Bertz CT molecular complexity index is 658. The number of aryl methyl sites for hydroxylation is 1. The van der Waals surface area contributed by atoms with E-state index in [4.69, 9.17) is 9.84 Å². The number of aliphatic hydroxyl groups is 1. The molecular weight excluding hydrogens is 265 g/mol. The minimum absolute atomic E-state index is 0.0434. The van der Waals surface area contributed by atoms with Crippen molar-refractivity contribution in [3.05, 3.63) is 63.5 Å². The molecule has 0 spiro atoms. The standard InChI is InChI=1S/C14H12FNO4/c1-9-6-11(15)3-5-13(9)20-14-4-2-10(8-17)7-12(14)16(18)19/h2-7,17H,8H2,1H3. The molecule has 0 bridgehead atoms. The van der Waals surface area contributed by atoms with Gasteiger partial charge in [-0.2, -0.15) is 0 Å². The summed E-state index contributed by atoms with van der Waals surface area (Å²) in [4.78, 5) is 10.4. The fourth-order valence-electron chi connectivity index (χ4n) is 1.74. The van der Waals surface area contributed by atoms with Crippen molar-refractivity contribution in [2.75, 3.05) is 0 Å². The van der Waals surface area contributed by atoms with Gasteiger partial charge in [0, 0.05) is 6.07 Å². The summed E-state index contributed by atoms with van der Waals surface area (Å²) in [5.41, 5.74) is 0.700. The fraction of sp³-hybridized carbons (Fsp3) is 0.143. The Hall–Kier alpha value is -2.47. The van der Waals surface area contributed by atoms with E-state index in [2.05, 4.69) is 0 Å². The molecule has 0 aliphatic rings. The second-order valence-electron chi connectivity index (χ2n) is 4.23. The van der Waals surface area contributed by atoms with Crippen LogP contribution in [0.4, 0.5) is 10.1 Å². The van der Waals surface area contributed by atoms with Gasteiger partial charge in [0.25, 0.3) is 0 Å². The normalized spacial score (nSPS) is 10.3. The first-order chi connectivity index (χ1) is 9.51. The average molecular weight is 277 g/mol. The number of halogens is 1. The van der Waals surface area contributed by atoms with Gasteiger partial charge in [-0.1, -0.05) is 6.07 Å². The van der Waals surface area contributed by atoms with Crippen LogP contribution in [-0.2, 0) is 6.61 Å². The maximum atomic E-state index is 13.0. The molecule has 0 aliphatic heterocycles. The summed E-state index contributed by atoms with van der Waals surface area (Å²) in [6, 6.07) is 8.09. The minimum atomic E-state index is -0.590. The molecule has 0 amide bonds. The van der Waals surface area contributed by atoms with Crippen LogP contribution in [0.2, 0.25) is 0 Å². The Balaban J connectivity index is 2.40. The highest BCUT2D eigenvalue weighted by Gasteiger charge is 2.17. The molecule has 2 rings (SSSR count). The number of nitrogens with zero attached hydrogens (tertiary/aromatic N) is 1. The first-order valence-electron chi connectivity index (χ1n) is 5.83. The van der Waals surface area contributed by atoms with Crippen LogP contribution in [0.25, 0.3) is 0 Å². The minimum Gasteiger partial charge on any atom is -0.450 e. The van der Waals surface area contributed by atoms with Gasteiger partial charge in [0.2, 0.25) is 5.75 Å². The molecular formula is C14H12FNO4. The van der Waals surface area contributed by atoms with Gasteiger partial charge in [-0.15, -0.1) is 0 Å². The first-order valence-corrected chi connectivity index (χ1v) is 5.83. The molecule has 1 N–H and O–H groups in total. The van der Waals surface area contributed by atoms with Gasteiger partial charge in [-0.25, -0.2) is 4.39 Å². The molecule has 0 fully saturated rings. The van der Waals surface area contributed by atoms with E-state index in [1.807, 2.05) is 0 Å². The lowest BCUT2D eigenvalue weighted by atomic mass is 10.2. The molecule has 0 aromatic heterocycles. The third-order valence-electron chi connectivity index (χ3n) is 2.76. The number of benzene rings is 2. The number of aliphatic hydroxyl groups excluding tert-OH is 1. The van der Waals surface area contributed by atoms with Crippen molar-refractivity contribution in [3.8, 4) is 11.5 Å². The molecule has 2 aromatic rings. The second kappa shape index (κ2) is 5.66. The smallest absolute Gasteiger partial charge is 0.311 e. The van der Waals surface area contributed by atoms with Crippen molar-refractivity contribution in [1.29, 1.82) is 0 Å². The highest BCUT2D eigenvalue weighted by molar-refractivity contribution is 5.51. The molecule has 0 saturated carbocycles. The zero-order valence-corrected chi connectivity index (χ0v) is 10.7. The number of nitro groups is 1. The quantitative estimate of drug-likeness (QED) is 0.687. The summed E-state index contributed by atoms with van der Waals surface area (Å²) in [6.45, 7) is 1.35. The van der Waals surface area contributed by atoms with E-state index in [1.54, 1.807) is 6.92 Å². The maximum Gasteiger partial charge on any atom is 0.311 e. The van der Waals surface area contributed by atoms with E-state index in [0.29, 0.717) is 16.9 Å². The Kier molecular flexibility index (Phi) is 3.95. The van der Waals surface area contributed by atoms with Gasteiger partial charge in [-0.3, -0.25) is 10.1 Å². The summed E-state index contributed by atoms with van der Waals surface area (Å²) < 4.78 is 18.5. The van der Waals surface area contributed by atoms with Gasteiger partial charge in [-0.05, 0) is 42.3 Å². The van der Waals surface area contributed by atoms with E-state index in [-0.39, 0.29) is 18.0 Å². The van der Waals surface area contributed by atoms with E-state index < -0.39 is 10.7 Å². The lowest BCUT2D eigenvalue weighted by Crippen LogP contribution is -1.96. The number of ether oxygens (including phenoxy) is 1. The highest BCUT2D eigenvalue weighted by Crippen LogP contribution is 2.33. The van der Waals surface area contributed by atoms with Crippen molar-refractivity contribution in [2.45, 2.75) is 13.5 Å².